The van der Waals surface area contributed by atoms with E-state index >= 15 is 0 Å². The van der Waals surface area contributed by atoms with Gasteiger partial charge in [0.15, 0.2) is 16.6 Å². The van der Waals surface area contributed by atoms with Crippen molar-refractivity contribution in [1.29, 1.82) is 0 Å². The minimum atomic E-state index is -1.03. The average Bonchev–Trinajstić information content (AvgIpc) is 3.29. The van der Waals surface area contributed by atoms with Gasteiger partial charge in [-0.3, -0.25) is 14.4 Å². The molecular weight excluding hydrogens is 478 g/mol. The number of nitrogens with one attached hydrogen (secondary N) is 2. The zero-order valence-electron chi connectivity index (χ0n) is 18.5. The fourth-order valence-electron chi connectivity index (χ4n) is 2.87. The molecule has 1 aromatic heterocycles. The van der Waals surface area contributed by atoms with Crippen LogP contribution in [0.15, 0.2) is 52.7 Å². The molecule has 3 rings (SSSR count). The molecule has 0 fully saturated rings. The highest BCUT2D eigenvalue weighted by Gasteiger charge is 2.12. The first kappa shape index (κ1) is 25.1. The Morgan fingerprint density at radius 2 is 1.79 bits per heavy atom. The molecule has 9 nitrogen and oxygen atoms in total. The van der Waals surface area contributed by atoms with E-state index in [4.69, 9.17) is 14.6 Å². The van der Waals surface area contributed by atoms with E-state index in [1.54, 1.807) is 38.5 Å². The van der Waals surface area contributed by atoms with Gasteiger partial charge in [-0.05, 0) is 36.4 Å². The number of anilines is 2. The average molecular weight is 502 g/mol. The number of benzene rings is 2. The molecule has 11 heteroatoms. The molecule has 0 aliphatic rings. The summed E-state index contributed by atoms with van der Waals surface area (Å²) in [5, 5.41) is 16.4. The van der Waals surface area contributed by atoms with Gasteiger partial charge in [-0.2, -0.15) is 0 Å². The predicted octanol–water partition coefficient (Wildman–Crippen LogP) is 4.36. The number of carboxylic acids is 1. The van der Waals surface area contributed by atoms with Crippen LogP contribution in [-0.4, -0.2) is 47.8 Å². The van der Waals surface area contributed by atoms with Crippen molar-refractivity contribution in [1.82, 2.24) is 4.98 Å². The maximum Gasteiger partial charge on any atom is 0.303 e. The lowest BCUT2D eigenvalue weighted by Gasteiger charge is -2.08. The third-order valence-electron chi connectivity index (χ3n) is 4.48. The number of carbonyl (C=O) groups excluding carboxylic acids is 2. The SMILES string of the molecule is COc1ccc(-c2csc(NC(=O)CSc3cccc(NC(=O)CCC(=O)O)c3)n2)cc1OC. The van der Waals surface area contributed by atoms with Gasteiger partial charge in [0.2, 0.25) is 11.8 Å². The van der Waals surface area contributed by atoms with Gasteiger partial charge >= 0.3 is 5.97 Å². The zero-order chi connectivity index (χ0) is 24.5. The number of aromatic nitrogens is 1. The highest BCUT2D eigenvalue weighted by molar-refractivity contribution is 8.00. The van der Waals surface area contributed by atoms with Crippen LogP contribution in [0.2, 0.25) is 0 Å². The highest BCUT2D eigenvalue weighted by Crippen LogP contribution is 2.33. The van der Waals surface area contributed by atoms with Crippen LogP contribution < -0.4 is 20.1 Å². The van der Waals surface area contributed by atoms with Crippen LogP contribution in [0, 0.1) is 0 Å². The van der Waals surface area contributed by atoms with Crippen molar-refractivity contribution in [3.05, 3.63) is 47.8 Å². The Kier molecular flexibility index (Phi) is 8.88. The molecule has 0 saturated heterocycles. The molecule has 3 aromatic rings. The van der Waals surface area contributed by atoms with Gasteiger partial charge in [-0.15, -0.1) is 23.1 Å². The summed E-state index contributed by atoms with van der Waals surface area (Å²) in [7, 11) is 3.13. The number of carboxylic acid groups (broad SMARTS) is 1. The van der Waals surface area contributed by atoms with Crippen molar-refractivity contribution in [3.8, 4) is 22.8 Å². The number of rotatable bonds is 11. The standard InChI is InChI=1S/C23H23N3O6S2/c1-31-18-7-6-14(10-19(18)32-2)17-12-34-23(25-17)26-21(28)13-33-16-5-3-4-15(11-16)24-20(27)8-9-22(29)30/h3-7,10-12H,8-9,13H2,1-2H3,(H,24,27)(H,29,30)(H,25,26,28). The third-order valence-corrected chi connectivity index (χ3v) is 6.24. The van der Waals surface area contributed by atoms with Crippen molar-refractivity contribution >= 4 is 51.7 Å². The van der Waals surface area contributed by atoms with Gasteiger partial charge < -0.3 is 25.2 Å². The molecule has 0 saturated carbocycles. The predicted molar refractivity (Wildman–Crippen MR) is 132 cm³/mol. The quantitative estimate of drug-likeness (QED) is 0.331. The molecule has 0 aliphatic heterocycles. The Hall–Kier alpha value is -3.57. The summed E-state index contributed by atoms with van der Waals surface area (Å²) >= 11 is 2.63. The number of ether oxygens (including phenoxy) is 2. The Labute approximate surface area is 204 Å². The Morgan fingerprint density at radius 3 is 2.53 bits per heavy atom. The van der Waals surface area contributed by atoms with E-state index in [1.807, 2.05) is 23.6 Å². The number of carbonyl (C=O) groups is 3. The number of hydrogen-bond donors (Lipinski definition) is 3. The molecule has 0 radical (unpaired) electrons. The zero-order valence-corrected chi connectivity index (χ0v) is 20.1. The fraction of sp³-hybridized carbons (Fsp3) is 0.217. The maximum absolute atomic E-state index is 12.4. The molecule has 0 spiro atoms. The molecule has 0 atom stereocenters. The van der Waals surface area contributed by atoms with E-state index in [0.717, 1.165) is 10.5 Å². The lowest BCUT2D eigenvalue weighted by atomic mass is 10.1. The summed E-state index contributed by atoms with van der Waals surface area (Å²) in [5.41, 5.74) is 2.09. The number of amides is 2. The van der Waals surface area contributed by atoms with E-state index in [0.29, 0.717) is 28.0 Å². The van der Waals surface area contributed by atoms with Crippen molar-refractivity contribution in [2.24, 2.45) is 0 Å². The number of aliphatic carboxylic acids is 1. The molecule has 34 heavy (non-hydrogen) atoms. The number of thioether (sulfide) groups is 1. The third kappa shape index (κ3) is 7.22. The molecule has 0 aliphatic carbocycles. The Balaban J connectivity index is 1.54. The van der Waals surface area contributed by atoms with E-state index in [2.05, 4.69) is 15.6 Å². The molecule has 178 valence electrons. The maximum atomic E-state index is 12.4. The largest absolute Gasteiger partial charge is 0.493 e. The van der Waals surface area contributed by atoms with E-state index in [-0.39, 0.29) is 30.4 Å². The summed E-state index contributed by atoms with van der Waals surface area (Å²) in [6.45, 7) is 0. The van der Waals surface area contributed by atoms with E-state index < -0.39 is 5.97 Å². The monoisotopic (exact) mass is 501 g/mol. The van der Waals surface area contributed by atoms with Crippen LogP contribution >= 0.6 is 23.1 Å². The second-order valence-corrected chi connectivity index (χ2v) is 8.82. The van der Waals surface area contributed by atoms with E-state index in [1.165, 1.54) is 23.1 Å². The van der Waals surface area contributed by atoms with Crippen LogP contribution in [0.1, 0.15) is 12.8 Å². The molecule has 2 amide bonds. The highest BCUT2D eigenvalue weighted by atomic mass is 32.2. The molecule has 0 unspecified atom stereocenters. The van der Waals surface area contributed by atoms with Crippen molar-refractivity contribution in [3.63, 3.8) is 0 Å². The van der Waals surface area contributed by atoms with Crippen molar-refractivity contribution in [2.75, 3.05) is 30.6 Å². The second-order valence-electron chi connectivity index (χ2n) is 6.91. The first-order valence-electron chi connectivity index (χ1n) is 10.1. The van der Waals surface area contributed by atoms with Gasteiger partial charge in [-0.1, -0.05) is 6.07 Å². The Morgan fingerprint density at radius 1 is 1.00 bits per heavy atom. The van der Waals surface area contributed by atoms with Crippen LogP contribution in [0.5, 0.6) is 11.5 Å². The topological polar surface area (TPSA) is 127 Å². The van der Waals surface area contributed by atoms with Gasteiger partial charge in [0, 0.05) is 27.9 Å². The van der Waals surface area contributed by atoms with Crippen LogP contribution in [0.25, 0.3) is 11.3 Å². The summed E-state index contributed by atoms with van der Waals surface area (Å²) in [4.78, 5) is 40.0. The smallest absolute Gasteiger partial charge is 0.303 e. The normalized spacial score (nSPS) is 10.4. The van der Waals surface area contributed by atoms with Gasteiger partial charge in [0.05, 0.1) is 32.1 Å². The number of nitrogens with zero attached hydrogens (tertiary/aromatic N) is 1. The van der Waals surface area contributed by atoms with Crippen molar-refractivity contribution < 1.29 is 29.0 Å². The number of methoxy groups -OCH3 is 2. The summed E-state index contributed by atoms with van der Waals surface area (Å²) < 4.78 is 10.6. The van der Waals surface area contributed by atoms with Gasteiger partial charge in [0.1, 0.15) is 0 Å². The second kappa shape index (κ2) is 12.1. The molecular formula is C23H23N3O6S2. The summed E-state index contributed by atoms with van der Waals surface area (Å²) in [6, 6.07) is 12.5. The van der Waals surface area contributed by atoms with Gasteiger partial charge in [0.25, 0.3) is 0 Å². The number of hydrogen-bond acceptors (Lipinski definition) is 8. The van der Waals surface area contributed by atoms with Crippen molar-refractivity contribution in [2.45, 2.75) is 17.7 Å². The summed E-state index contributed by atoms with van der Waals surface area (Å²) in [6.07, 6.45) is -0.334. The first-order chi connectivity index (χ1) is 16.4. The Bertz CT molecular complexity index is 1180. The minimum absolute atomic E-state index is 0.103. The fourth-order valence-corrected chi connectivity index (χ4v) is 4.36. The lowest BCUT2D eigenvalue weighted by Crippen LogP contribution is -2.14. The van der Waals surface area contributed by atoms with Crippen LogP contribution in [-0.2, 0) is 14.4 Å². The van der Waals surface area contributed by atoms with E-state index in [9.17, 15) is 14.4 Å². The molecule has 3 N–H and O–H groups in total. The lowest BCUT2D eigenvalue weighted by molar-refractivity contribution is -0.138. The minimum Gasteiger partial charge on any atom is -0.493 e. The molecule has 0 bridgehead atoms. The van der Waals surface area contributed by atoms with Crippen LogP contribution in [0.3, 0.4) is 0 Å². The summed E-state index contributed by atoms with van der Waals surface area (Å²) in [5.74, 6) is -0.250. The first-order valence-corrected chi connectivity index (χ1v) is 12.0. The van der Waals surface area contributed by atoms with Crippen LogP contribution in [0.4, 0.5) is 10.8 Å². The number of thiazole rings is 1. The van der Waals surface area contributed by atoms with Gasteiger partial charge in [-0.25, -0.2) is 4.98 Å². The molecule has 2 aromatic carbocycles. The molecule has 1 heterocycles.